The SMILES string of the molecule is COc1cc2c(cc1OC)S(=O)(=O)C(F)(CC1(F)CCN(Cc3ccc(F)cc3)CC1)C2. The van der Waals surface area contributed by atoms with Gasteiger partial charge in [-0.1, -0.05) is 12.1 Å². The number of fused-ring (bicyclic) bond motifs is 1. The van der Waals surface area contributed by atoms with Gasteiger partial charge in [-0.05, 0) is 42.2 Å². The van der Waals surface area contributed by atoms with Gasteiger partial charge in [0.1, 0.15) is 11.5 Å². The molecule has 5 nitrogen and oxygen atoms in total. The minimum absolute atomic E-state index is 0.0262. The number of nitrogens with zero attached hydrogens (tertiary/aromatic N) is 1. The topological polar surface area (TPSA) is 55.8 Å². The summed E-state index contributed by atoms with van der Waals surface area (Å²) in [7, 11) is -1.62. The maximum atomic E-state index is 15.9. The number of hydrogen-bond acceptors (Lipinski definition) is 5. The highest BCUT2D eigenvalue weighted by Crippen LogP contribution is 2.50. The number of methoxy groups -OCH3 is 2. The van der Waals surface area contributed by atoms with Gasteiger partial charge in [0, 0.05) is 38.5 Å². The van der Waals surface area contributed by atoms with Crippen LogP contribution in [0.25, 0.3) is 0 Å². The van der Waals surface area contributed by atoms with E-state index in [9.17, 15) is 12.8 Å². The summed E-state index contributed by atoms with van der Waals surface area (Å²) < 4.78 is 81.1. The molecule has 0 amide bonds. The third-order valence-corrected chi connectivity index (χ3v) is 8.66. The fourth-order valence-corrected chi connectivity index (χ4v) is 6.56. The quantitative estimate of drug-likeness (QED) is 0.634. The lowest BCUT2D eigenvalue weighted by atomic mass is 9.86. The fourth-order valence-electron chi connectivity index (χ4n) is 4.63. The van der Waals surface area contributed by atoms with Gasteiger partial charge in [0.15, 0.2) is 11.5 Å². The Morgan fingerprint density at radius 3 is 2.19 bits per heavy atom. The minimum Gasteiger partial charge on any atom is -0.493 e. The number of piperidine rings is 1. The molecule has 1 atom stereocenters. The molecule has 2 heterocycles. The van der Waals surface area contributed by atoms with Crippen molar-refractivity contribution in [1.82, 2.24) is 4.90 Å². The molecule has 0 spiro atoms. The van der Waals surface area contributed by atoms with Crippen molar-refractivity contribution < 1.29 is 31.1 Å². The average Bonchev–Trinajstić information content (AvgIpc) is 2.94. The third kappa shape index (κ3) is 4.08. The lowest BCUT2D eigenvalue weighted by Crippen LogP contribution is -2.47. The molecule has 2 aliphatic heterocycles. The molecule has 1 fully saturated rings. The maximum Gasteiger partial charge on any atom is 0.222 e. The highest BCUT2D eigenvalue weighted by molar-refractivity contribution is 7.93. The van der Waals surface area contributed by atoms with Gasteiger partial charge >= 0.3 is 0 Å². The number of sulfone groups is 1. The molecule has 32 heavy (non-hydrogen) atoms. The number of halogens is 3. The Kier molecular flexibility index (Phi) is 5.92. The molecule has 9 heteroatoms. The Hall–Kier alpha value is -2.26. The van der Waals surface area contributed by atoms with E-state index in [1.807, 2.05) is 4.90 Å². The zero-order valence-electron chi connectivity index (χ0n) is 18.0. The van der Waals surface area contributed by atoms with E-state index in [2.05, 4.69) is 0 Å². The molecule has 0 radical (unpaired) electrons. The lowest BCUT2D eigenvalue weighted by molar-refractivity contribution is 0.0191. The van der Waals surface area contributed by atoms with Gasteiger partial charge in [-0.25, -0.2) is 21.6 Å². The summed E-state index contributed by atoms with van der Waals surface area (Å²) >= 11 is 0. The van der Waals surface area contributed by atoms with Gasteiger partial charge in [0.25, 0.3) is 0 Å². The first-order valence-corrected chi connectivity index (χ1v) is 11.9. The van der Waals surface area contributed by atoms with E-state index in [1.54, 1.807) is 12.1 Å². The first-order chi connectivity index (χ1) is 15.1. The number of likely N-dealkylation sites (tertiary alicyclic amines) is 1. The smallest absolute Gasteiger partial charge is 0.222 e. The standard InChI is InChI=1S/C23H26F3NO4S/c1-30-19-11-17-13-23(26,32(28,29)21(17)12-20(19)31-2)15-22(25)7-9-27(10-8-22)14-16-3-5-18(24)6-4-16/h3-6,11-12H,7-10,13-15H2,1-2H3. The number of benzene rings is 2. The Labute approximate surface area is 186 Å². The van der Waals surface area contributed by atoms with Crippen LogP contribution in [0.4, 0.5) is 13.2 Å². The molecule has 1 unspecified atom stereocenters. The first kappa shape index (κ1) is 22.9. The number of rotatable bonds is 6. The predicted octanol–water partition coefficient (Wildman–Crippen LogP) is 4.23. The molecule has 4 rings (SSSR count). The van der Waals surface area contributed by atoms with Crippen molar-refractivity contribution in [2.45, 2.75) is 47.8 Å². The number of hydrogen-bond donors (Lipinski definition) is 0. The van der Waals surface area contributed by atoms with E-state index >= 15 is 8.78 Å². The summed E-state index contributed by atoms with van der Waals surface area (Å²) in [5, 5.41) is -2.72. The molecule has 0 saturated carbocycles. The van der Waals surface area contributed by atoms with E-state index < -0.39 is 33.3 Å². The van der Waals surface area contributed by atoms with Crippen molar-refractivity contribution in [2.75, 3.05) is 27.3 Å². The van der Waals surface area contributed by atoms with Crippen LogP contribution in [-0.4, -0.2) is 51.3 Å². The molecular weight excluding hydrogens is 443 g/mol. The maximum absolute atomic E-state index is 15.9. The van der Waals surface area contributed by atoms with Crippen LogP contribution in [-0.2, 0) is 22.8 Å². The molecule has 174 valence electrons. The summed E-state index contributed by atoms with van der Waals surface area (Å²) in [6, 6.07) is 8.79. The number of alkyl halides is 2. The number of ether oxygens (including phenoxy) is 2. The summed E-state index contributed by atoms with van der Waals surface area (Å²) in [6.45, 7) is 1.25. The highest BCUT2D eigenvalue weighted by atomic mass is 32.2. The Morgan fingerprint density at radius 2 is 1.59 bits per heavy atom. The normalized spacial score (nSPS) is 24.2. The van der Waals surface area contributed by atoms with Gasteiger partial charge in [0.2, 0.25) is 14.8 Å². The fraction of sp³-hybridized carbons (Fsp3) is 0.478. The lowest BCUT2D eigenvalue weighted by Gasteiger charge is -2.38. The van der Waals surface area contributed by atoms with Crippen molar-refractivity contribution in [1.29, 1.82) is 0 Å². The van der Waals surface area contributed by atoms with Crippen molar-refractivity contribution >= 4 is 9.84 Å². The van der Waals surface area contributed by atoms with Gasteiger partial charge in [-0.15, -0.1) is 0 Å². The van der Waals surface area contributed by atoms with E-state index in [0.29, 0.717) is 25.4 Å². The zero-order chi connectivity index (χ0) is 23.1. The Balaban J connectivity index is 1.48. The summed E-state index contributed by atoms with van der Waals surface area (Å²) in [4.78, 5) is 1.83. The van der Waals surface area contributed by atoms with Crippen LogP contribution in [0.5, 0.6) is 11.5 Å². The van der Waals surface area contributed by atoms with Crippen LogP contribution in [0.1, 0.15) is 30.4 Å². The van der Waals surface area contributed by atoms with Crippen molar-refractivity contribution in [3.63, 3.8) is 0 Å². The van der Waals surface area contributed by atoms with E-state index in [0.717, 1.165) is 5.56 Å². The van der Waals surface area contributed by atoms with E-state index in [-0.39, 0.29) is 34.9 Å². The summed E-state index contributed by atoms with van der Waals surface area (Å²) in [5.74, 6) is 0.162. The van der Waals surface area contributed by atoms with Crippen LogP contribution >= 0.6 is 0 Å². The molecule has 2 aromatic rings. The van der Waals surface area contributed by atoms with Crippen molar-refractivity contribution in [3.05, 3.63) is 53.3 Å². The second-order valence-electron chi connectivity index (χ2n) is 8.61. The summed E-state index contributed by atoms with van der Waals surface area (Å²) in [5.41, 5.74) is -0.768. The van der Waals surface area contributed by atoms with Crippen LogP contribution in [0.15, 0.2) is 41.3 Å². The Bertz CT molecular complexity index is 1100. The molecule has 0 aromatic heterocycles. The van der Waals surface area contributed by atoms with Gasteiger partial charge in [-0.2, -0.15) is 0 Å². The molecule has 2 aromatic carbocycles. The molecule has 2 aliphatic rings. The molecule has 0 aliphatic carbocycles. The van der Waals surface area contributed by atoms with Crippen molar-refractivity contribution in [2.24, 2.45) is 0 Å². The highest BCUT2D eigenvalue weighted by Gasteiger charge is 2.57. The summed E-state index contributed by atoms with van der Waals surface area (Å²) in [6.07, 6.45) is -1.08. The van der Waals surface area contributed by atoms with Crippen molar-refractivity contribution in [3.8, 4) is 11.5 Å². The molecule has 0 N–H and O–H groups in total. The second kappa shape index (κ2) is 8.26. The Morgan fingerprint density at radius 1 is 1.00 bits per heavy atom. The predicted molar refractivity (Wildman–Crippen MR) is 114 cm³/mol. The monoisotopic (exact) mass is 469 g/mol. The van der Waals surface area contributed by atoms with Gasteiger partial charge in [-0.3, -0.25) is 4.90 Å². The van der Waals surface area contributed by atoms with Crippen LogP contribution < -0.4 is 9.47 Å². The molecular formula is C23H26F3NO4S. The zero-order valence-corrected chi connectivity index (χ0v) is 18.9. The first-order valence-electron chi connectivity index (χ1n) is 10.4. The minimum atomic E-state index is -4.40. The molecule has 1 saturated heterocycles. The van der Waals surface area contributed by atoms with Gasteiger partial charge in [0.05, 0.1) is 19.1 Å². The molecule has 0 bridgehead atoms. The van der Waals surface area contributed by atoms with Crippen LogP contribution in [0.2, 0.25) is 0 Å². The van der Waals surface area contributed by atoms with Crippen LogP contribution in [0, 0.1) is 5.82 Å². The second-order valence-corrected chi connectivity index (χ2v) is 10.8. The average molecular weight is 470 g/mol. The van der Waals surface area contributed by atoms with E-state index in [1.165, 1.54) is 38.5 Å². The van der Waals surface area contributed by atoms with E-state index in [4.69, 9.17) is 9.47 Å². The third-order valence-electron chi connectivity index (χ3n) is 6.44. The largest absolute Gasteiger partial charge is 0.493 e. The van der Waals surface area contributed by atoms with Crippen LogP contribution in [0.3, 0.4) is 0 Å². The van der Waals surface area contributed by atoms with Gasteiger partial charge < -0.3 is 9.47 Å².